The number of ether oxygens (including phenoxy) is 1. The third-order valence-corrected chi connectivity index (χ3v) is 3.95. The fourth-order valence-corrected chi connectivity index (χ4v) is 2.60. The highest BCUT2D eigenvalue weighted by molar-refractivity contribution is 5.31. The summed E-state index contributed by atoms with van der Waals surface area (Å²) in [6.45, 7) is 5.54. The number of rotatable bonds is 2. The molecule has 1 fully saturated rings. The first-order valence-corrected chi connectivity index (χ1v) is 7.57. The fourth-order valence-electron chi connectivity index (χ4n) is 2.60. The molecule has 0 aromatic carbocycles. The molecule has 2 rings (SSSR count). The Morgan fingerprint density at radius 2 is 2.13 bits per heavy atom. The van der Waals surface area contributed by atoms with Gasteiger partial charge in [-0.25, -0.2) is 4.79 Å². The number of aromatic amines is 1. The van der Waals surface area contributed by atoms with Gasteiger partial charge in [-0.3, -0.25) is 14.3 Å². The van der Waals surface area contributed by atoms with E-state index in [9.17, 15) is 14.7 Å². The molecule has 6 nitrogen and oxygen atoms in total. The van der Waals surface area contributed by atoms with Crippen LogP contribution in [0.1, 0.15) is 45.4 Å². The van der Waals surface area contributed by atoms with Crippen LogP contribution in [0.2, 0.25) is 0 Å². The molecular formula is C17H20N2O4. The monoisotopic (exact) mass is 316 g/mol. The fraction of sp³-hybridized carbons (Fsp3) is 0.529. The van der Waals surface area contributed by atoms with E-state index in [1.54, 1.807) is 6.92 Å². The van der Waals surface area contributed by atoms with Gasteiger partial charge in [0.1, 0.15) is 11.7 Å². The molecule has 1 saturated heterocycles. The third kappa shape index (κ3) is 3.56. The van der Waals surface area contributed by atoms with Crippen molar-refractivity contribution < 1.29 is 9.84 Å². The number of nitrogens with zero attached hydrogens (tertiary/aromatic N) is 1. The quantitative estimate of drug-likeness (QED) is 0.783. The summed E-state index contributed by atoms with van der Waals surface area (Å²) in [5.74, 6) is 10.8. The largest absolute Gasteiger partial charge is 0.388 e. The molecule has 1 aliphatic rings. The predicted octanol–water partition coefficient (Wildman–Crippen LogP) is 0.606. The van der Waals surface area contributed by atoms with Crippen LogP contribution in [-0.2, 0) is 4.74 Å². The summed E-state index contributed by atoms with van der Waals surface area (Å²) in [7, 11) is 0. The summed E-state index contributed by atoms with van der Waals surface area (Å²) < 4.78 is 6.96. The van der Waals surface area contributed by atoms with E-state index in [1.807, 2.05) is 13.8 Å². The summed E-state index contributed by atoms with van der Waals surface area (Å²) in [6, 6.07) is 0. The summed E-state index contributed by atoms with van der Waals surface area (Å²) in [4.78, 5) is 26.1. The zero-order valence-electron chi connectivity index (χ0n) is 13.4. The minimum Gasteiger partial charge on any atom is -0.388 e. The van der Waals surface area contributed by atoms with Crippen LogP contribution in [0.25, 0.3) is 0 Å². The molecule has 1 aromatic heterocycles. The van der Waals surface area contributed by atoms with Gasteiger partial charge in [0, 0.05) is 12.1 Å². The molecule has 4 atom stereocenters. The van der Waals surface area contributed by atoms with Crippen LogP contribution < -0.4 is 11.2 Å². The van der Waals surface area contributed by atoms with Crippen LogP contribution in [0.15, 0.2) is 15.8 Å². The normalized spacial score (nSPS) is 26.1. The molecule has 2 heterocycles. The first kappa shape index (κ1) is 17.1. The van der Waals surface area contributed by atoms with Crippen molar-refractivity contribution in [2.24, 2.45) is 5.92 Å². The molecule has 0 radical (unpaired) electrons. The van der Waals surface area contributed by atoms with Crippen LogP contribution >= 0.6 is 0 Å². The average Bonchev–Trinajstić information content (AvgIpc) is 2.81. The molecule has 1 aliphatic heterocycles. The van der Waals surface area contributed by atoms with E-state index in [0.717, 1.165) is 6.42 Å². The molecule has 122 valence electrons. The van der Waals surface area contributed by atoms with Crippen LogP contribution in [0.3, 0.4) is 0 Å². The summed E-state index contributed by atoms with van der Waals surface area (Å²) in [6.07, 6.45) is 0.627. The Morgan fingerprint density at radius 3 is 2.74 bits per heavy atom. The molecule has 6 heteroatoms. The van der Waals surface area contributed by atoms with Gasteiger partial charge in [-0.1, -0.05) is 31.6 Å². The summed E-state index contributed by atoms with van der Waals surface area (Å²) >= 11 is 0. The second-order valence-corrected chi connectivity index (χ2v) is 5.44. The van der Waals surface area contributed by atoms with Crippen molar-refractivity contribution in [3.05, 3.63) is 32.6 Å². The van der Waals surface area contributed by atoms with Crippen LogP contribution in [0, 0.1) is 29.6 Å². The number of hydrogen-bond donors (Lipinski definition) is 2. The van der Waals surface area contributed by atoms with Gasteiger partial charge in [-0.15, -0.1) is 5.92 Å². The number of H-pyrrole nitrogens is 1. The van der Waals surface area contributed by atoms with Gasteiger partial charge in [0.15, 0.2) is 6.23 Å². The lowest BCUT2D eigenvalue weighted by Gasteiger charge is -2.17. The Morgan fingerprint density at radius 1 is 1.39 bits per heavy atom. The minimum atomic E-state index is -0.824. The maximum absolute atomic E-state index is 12.0. The Bertz CT molecular complexity index is 800. The van der Waals surface area contributed by atoms with E-state index < -0.39 is 23.6 Å². The molecule has 1 aromatic rings. The van der Waals surface area contributed by atoms with Gasteiger partial charge in [0.2, 0.25) is 0 Å². The number of aliphatic hydroxyl groups is 1. The van der Waals surface area contributed by atoms with E-state index in [0.29, 0.717) is 6.42 Å². The van der Waals surface area contributed by atoms with Crippen molar-refractivity contribution in [1.29, 1.82) is 0 Å². The van der Waals surface area contributed by atoms with Gasteiger partial charge < -0.3 is 9.84 Å². The molecule has 23 heavy (non-hydrogen) atoms. The van der Waals surface area contributed by atoms with E-state index in [-0.39, 0.29) is 17.6 Å². The smallest absolute Gasteiger partial charge is 0.330 e. The molecule has 0 aliphatic carbocycles. The van der Waals surface area contributed by atoms with Crippen LogP contribution in [0.4, 0.5) is 0 Å². The molecule has 1 unspecified atom stereocenters. The number of nitrogens with one attached hydrogen (secondary N) is 1. The molecule has 0 bridgehead atoms. The van der Waals surface area contributed by atoms with Crippen molar-refractivity contribution in [2.45, 2.75) is 52.0 Å². The average molecular weight is 316 g/mol. The van der Waals surface area contributed by atoms with Crippen molar-refractivity contribution in [1.82, 2.24) is 9.55 Å². The molecule has 2 N–H and O–H groups in total. The summed E-state index contributed by atoms with van der Waals surface area (Å²) in [5.41, 5.74) is -1.04. The highest BCUT2D eigenvalue weighted by Crippen LogP contribution is 2.34. The zero-order valence-corrected chi connectivity index (χ0v) is 13.4. The second-order valence-electron chi connectivity index (χ2n) is 5.44. The summed E-state index contributed by atoms with van der Waals surface area (Å²) in [5, 5.41) is 10.3. The van der Waals surface area contributed by atoms with E-state index in [4.69, 9.17) is 4.74 Å². The van der Waals surface area contributed by atoms with E-state index in [2.05, 4.69) is 28.7 Å². The lowest BCUT2D eigenvalue weighted by molar-refractivity contribution is -0.0405. The van der Waals surface area contributed by atoms with Crippen molar-refractivity contribution in [2.75, 3.05) is 0 Å². The van der Waals surface area contributed by atoms with Gasteiger partial charge >= 0.3 is 5.69 Å². The predicted molar refractivity (Wildman–Crippen MR) is 85.6 cm³/mol. The Kier molecular flexibility index (Phi) is 5.44. The number of aromatic nitrogens is 2. The Balaban J connectivity index is 2.39. The number of aliphatic hydroxyl groups excluding tert-OH is 1. The van der Waals surface area contributed by atoms with Crippen molar-refractivity contribution in [3.63, 3.8) is 0 Å². The highest BCUT2D eigenvalue weighted by atomic mass is 16.5. The van der Waals surface area contributed by atoms with Gasteiger partial charge in [0.05, 0.1) is 12.5 Å². The maximum Gasteiger partial charge on any atom is 0.330 e. The number of hydrogen-bond acceptors (Lipinski definition) is 4. The topological polar surface area (TPSA) is 84.3 Å². The molecular weight excluding hydrogens is 296 g/mol. The SMILES string of the molecule is CC#CCC#Cc1cn([C@@H]2O[C@H](CC)[C@H](C)C2O)c(=O)[nH]c1=O. The highest BCUT2D eigenvalue weighted by Gasteiger charge is 2.41. The lowest BCUT2D eigenvalue weighted by Crippen LogP contribution is -2.37. The lowest BCUT2D eigenvalue weighted by atomic mass is 9.99. The minimum absolute atomic E-state index is 0.0989. The molecule has 0 saturated carbocycles. The van der Waals surface area contributed by atoms with Crippen molar-refractivity contribution in [3.8, 4) is 23.7 Å². The Labute approximate surface area is 134 Å². The maximum atomic E-state index is 12.0. The van der Waals surface area contributed by atoms with Crippen LogP contribution in [0.5, 0.6) is 0 Å². The zero-order chi connectivity index (χ0) is 17.0. The first-order valence-electron chi connectivity index (χ1n) is 7.57. The Hall–Kier alpha value is -2.28. The van der Waals surface area contributed by atoms with Gasteiger partial charge in [0.25, 0.3) is 5.56 Å². The first-order chi connectivity index (χ1) is 11.0. The van der Waals surface area contributed by atoms with Crippen LogP contribution in [-0.4, -0.2) is 26.9 Å². The van der Waals surface area contributed by atoms with E-state index >= 15 is 0 Å². The van der Waals surface area contributed by atoms with Crippen molar-refractivity contribution >= 4 is 0 Å². The standard InChI is InChI=1S/C17H20N2O4/c1-4-6-7-8-9-12-10-19(17(22)18-15(12)21)16-14(20)11(3)13(5-2)23-16/h10-11,13-14,16,20H,5,7H2,1-3H3,(H,18,21,22)/t11-,13+,14?,16+/m0/s1. The molecule has 0 spiro atoms. The second kappa shape index (κ2) is 7.32. The van der Waals surface area contributed by atoms with Gasteiger partial charge in [-0.05, 0) is 13.3 Å². The molecule has 0 amide bonds. The third-order valence-electron chi connectivity index (χ3n) is 3.95. The van der Waals surface area contributed by atoms with Gasteiger partial charge in [-0.2, -0.15) is 0 Å². The van der Waals surface area contributed by atoms with E-state index in [1.165, 1.54) is 10.8 Å².